The Hall–Kier alpha value is -2.93. The number of hydrogen-bond donors (Lipinski definition) is 1. The van der Waals surface area contributed by atoms with E-state index in [9.17, 15) is 22.8 Å². The molecular formula is C20H14F3NO2S. The normalized spacial score (nSPS) is 11.4. The minimum Gasteiger partial charge on any atom is -0.340 e. The summed E-state index contributed by atoms with van der Waals surface area (Å²) in [6.45, 7) is 0. The van der Waals surface area contributed by atoms with Crippen LogP contribution in [0.25, 0.3) is 0 Å². The number of amides is 1. The molecule has 0 bridgehead atoms. The van der Waals surface area contributed by atoms with Gasteiger partial charge in [-0.15, -0.1) is 11.3 Å². The van der Waals surface area contributed by atoms with E-state index >= 15 is 0 Å². The average molecular weight is 389 g/mol. The second-order valence-electron chi connectivity index (χ2n) is 5.72. The van der Waals surface area contributed by atoms with Crippen molar-refractivity contribution in [2.45, 2.75) is 12.2 Å². The monoisotopic (exact) mass is 389 g/mol. The van der Waals surface area contributed by atoms with E-state index < -0.39 is 28.8 Å². The Labute approximate surface area is 157 Å². The standard InChI is InChI=1S/C20H14F3NO2S/c21-20(22,23)18(25)15-11-12-16(27-15)19(26)24-17(13-7-3-1-4-8-13)14-9-5-2-6-10-14/h1-12,17H,(H,24,26). The summed E-state index contributed by atoms with van der Waals surface area (Å²) in [4.78, 5) is 23.4. The van der Waals surface area contributed by atoms with Crippen LogP contribution < -0.4 is 5.32 Å². The molecule has 0 unspecified atom stereocenters. The Morgan fingerprint density at radius 2 is 1.26 bits per heavy atom. The summed E-state index contributed by atoms with van der Waals surface area (Å²) < 4.78 is 37.7. The molecule has 0 aliphatic rings. The van der Waals surface area contributed by atoms with Crippen molar-refractivity contribution in [3.05, 3.63) is 93.7 Å². The van der Waals surface area contributed by atoms with Crippen LogP contribution in [-0.2, 0) is 0 Å². The van der Waals surface area contributed by atoms with Gasteiger partial charge in [-0.1, -0.05) is 60.7 Å². The van der Waals surface area contributed by atoms with Crippen LogP contribution in [0.3, 0.4) is 0 Å². The van der Waals surface area contributed by atoms with E-state index in [1.807, 2.05) is 60.7 Å². The molecule has 27 heavy (non-hydrogen) atoms. The minimum absolute atomic E-state index is 0.0412. The molecule has 1 heterocycles. The molecular weight excluding hydrogens is 375 g/mol. The van der Waals surface area contributed by atoms with Gasteiger partial charge in [0.25, 0.3) is 11.7 Å². The number of benzene rings is 2. The second kappa shape index (κ2) is 7.75. The van der Waals surface area contributed by atoms with Gasteiger partial charge in [0, 0.05) is 0 Å². The summed E-state index contributed by atoms with van der Waals surface area (Å²) in [6.07, 6.45) is -4.96. The van der Waals surface area contributed by atoms with Crippen LogP contribution in [0.15, 0.2) is 72.8 Å². The molecule has 1 N–H and O–H groups in total. The number of carbonyl (C=O) groups is 2. The number of ketones is 1. The molecule has 3 rings (SSSR count). The molecule has 138 valence electrons. The Morgan fingerprint density at radius 3 is 1.74 bits per heavy atom. The predicted molar refractivity (Wildman–Crippen MR) is 96.9 cm³/mol. The van der Waals surface area contributed by atoms with Gasteiger partial charge in [0.2, 0.25) is 0 Å². The van der Waals surface area contributed by atoms with E-state index in [1.165, 1.54) is 6.07 Å². The summed E-state index contributed by atoms with van der Waals surface area (Å²) in [5.74, 6) is -2.49. The summed E-state index contributed by atoms with van der Waals surface area (Å²) in [6, 6.07) is 20.2. The van der Waals surface area contributed by atoms with Crippen LogP contribution in [0, 0.1) is 0 Å². The number of Topliss-reactive ketones (excluding diaryl/α,β-unsaturated/α-hetero) is 1. The van der Waals surface area contributed by atoms with E-state index in [2.05, 4.69) is 5.32 Å². The first-order valence-corrected chi connectivity index (χ1v) is 8.80. The van der Waals surface area contributed by atoms with Crippen molar-refractivity contribution in [2.75, 3.05) is 0 Å². The lowest BCUT2D eigenvalue weighted by Crippen LogP contribution is -2.28. The summed E-state index contributed by atoms with van der Waals surface area (Å²) in [7, 11) is 0. The fourth-order valence-electron chi connectivity index (χ4n) is 2.57. The van der Waals surface area contributed by atoms with Gasteiger partial charge < -0.3 is 5.32 Å². The van der Waals surface area contributed by atoms with Crippen LogP contribution in [0.5, 0.6) is 0 Å². The maximum atomic E-state index is 12.6. The lowest BCUT2D eigenvalue weighted by Gasteiger charge is -2.19. The number of rotatable bonds is 5. The number of nitrogens with one attached hydrogen (secondary N) is 1. The van der Waals surface area contributed by atoms with Crippen molar-refractivity contribution < 1.29 is 22.8 Å². The van der Waals surface area contributed by atoms with E-state index in [4.69, 9.17) is 0 Å². The Balaban J connectivity index is 1.86. The number of hydrogen-bond acceptors (Lipinski definition) is 3. The first kappa shape index (κ1) is 18.8. The third-order valence-corrected chi connectivity index (χ3v) is 4.94. The molecule has 0 saturated heterocycles. The highest BCUT2D eigenvalue weighted by Gasteiger charge is 2.40. The van der Waals surface area contributed by atoms with E-state index in [-0.39, 0.29) is 4.88 Å². The zero-order valence-corrected chi connectivity index (χ0v) is 14.7. The molecule has 0 aliphatic carbocycles. The molecule has 1 aromatic heterocycles. The van der Waals surface area contributed by atoms with Crippen molar-refractivity contribution in [3.63, 3.8) is 0 Å². The van der Waals surface area contributed by atoms with Crippen molar-refractivity contribution >= 4 is 23.0 Å². The van der Waals surface area contributed by atoms with Crippen LogP contribution in [-0.4, -0.2) is 17.9 Å². The molecule has 2 aromatic carbocycles. The maximum Gasteiger partial charge on any atom is 0.455 e. The fraction of sp³-hybridized carbons (Fsp3) is 0.100. The van der Waals surface area contributed by atoms with E-state index in [0.717, 1.165) is 17.2 Å². The first-order chi connectivity index (χ1) is 12.9. The molecule has 1 amide bonds. The molecule has 0 aliphatic heterocycles. The lowest BCUT2D eigenvalue weighted by atomic mass is 9.98. The van der Waals surface area contributed by atoms with E-state index in [1.54, 1.807) is 0 Å². The SMILES string of the molecule is O=C(NC(c1ccccc1)c1ccccc1)c1ccc(C(=O)C(F)(F)F)s1. The van der Waals surface area contributed by atoms with E-state index in [0.29, 0.717) is 11.3 Å². The highest BCUT2D eigenvalue weighted by molar-refractivity contribution is 7.16. The topological polar surface area (TPSA) is 46.2 Å². The summed E-state index contributed by atoms with van der Waals surface area (Å²) >= 11 is 0.527. The lowest BCUT2D eigenvalue weighted by molar-refractivity contribution is -0.0882. The number of alkyl halides is 3. The van der Waals surface area contributed by atoms with Crippen molar-refractivity contribution in [3.8, 4) is 0 Å². The molecule has 3 nitrogen and oxygen atoms in total. The zero-order chi connectivity index (χ0) is 19.4. The Morgan fingerprint density at radius 1 is 0.778 bits per heavy atom. The van der Waals surface area contributed by atoms with Gasteiger partial charge in [-0.3, -0.25) is 9.59 Å². The van der Waals surface area contributed by atoms with Gasteiger partial charge in [0.1, 0.15) is 0 Å². The minimum atomic E-state index is -4.96. The number of thiophene rings is 1. The molecule has 0 spiro atoms. The van der Waals surface area contributed by atoms with Crippen LogP contribution >= 0.6 is 11.3 Å². The van der Waals surface area contributed by atoms with Gasteiger partial charge in [0.05, 0.1) is 15.8 Å². The Kier molecular flexibility index (Phi) is 5.41. The molecule has 7 heteroatoms. The van der Waals surface area contributed by atoms with Crippen molar-refractivity contribution in [1.82, 2.24) is 5.32 Å². The molecule has 0 fully saturated rings. The molecule has 3 aromatic rings. The van der Waals surface area contributed by atoms with Crippen molar-refractivity contribution in [2.24, 2.45) is 0 Å². The van der Waals surface area contributed by atoms with Crippen molar-refractivity contribution in [1.29, 1.82) is 0 Å². The number of carbonyl (C=O) groups excluding carboxylic acids is 2. The van der Waals surface area contributed by atoms with Gasteiger partial charge in [0.15, 0.2) is 0 Å². The van der Waals surface area contributed by atoms with Gasteiger partial charge in [-0.05, 0) is 23.3 Å². The van der Waals surface area contributed by atoms with Crippen LogP contribution in [0.1, 0.15) is 36.5 Å². The predicted octanol–water partition coefficient (Wildman–Crippen LogP) is 5.01. The first-order valence-electron chi connectivity index (χ1n) is 7.98. The van der Waals surface area contributed by atoms with Crippen LogP contribution in [0.2, 0.25) is 0 Å². The largest absolute Gasteiger partial charge is 0.455 e. The fourth-order valence-corrected chi connectivity index (χ4v) is 3.44. The van der Waals surface area contributed by atoms with Gasteiger partial charge in [-0.2, -0.15) is 13.2 Å². The van der Waals surface area contributed by atoms with Crippen LogP contribution in [0.4, 0.5) is 13.2 Å². The third-order valence-electron chi connectivity index (χ3n) is 3.85. The zero-order valence-electron chi connectivity index (χ0n) is 13.9. The average Bonchev–Trinajstić information content (AvgIpc) is 3.16. The second-order valence-corrected chi connectivity index (χ2v) is 6.80. The maximum absolute atomic E-state index is 12.6. The quantitative estimate of drug-likeness (QED) is 0.624. The molecule has 0 radical (unpaired) electrons. The number of halogens is 3. The Bertz CT molecular complexity index is 897. The molecule has 0 saturated carbocycles. The van der Waals surface area contributed by atoms with Gasteiger partial charge in [-0.25, -0.2) is 0 Å². The highest BCUT2D eigenvalue weighted by Crippen LogP contribution is 2.28. The van der Waals surface area contributed by atoms with Gasteiger partial charge >= 0.3 is 6.18 Å². The summed E-state index contributed by atoms with van der Waals surface area (Å²) in [5, 5.41) is 2.84. The smallest absolute Gasteiger partial charge is 0.340 e. The highest BCUT2D eigenvalue weighted by atomic mass is 32.1. The summed E-state index contributed by atoms with van der Waals surface area (Å²) in [5.41, 5.74) is 1.67. The molecule has 0 atom stereocenters. The third kappa shape index (κ3) is 4.43.